The molecule has 1 aromatic rings. The zero-order chi connectivity index (χ0) is 10.6. The van der Waals surface area contributed by atoms with Crippen molar-refractivity contribution in [3.8, 4) is 0 Å². The van der Waals surface area contributed by atoms with Gasteiger partial charge in [-0.25, -0.2) is 0 Å². The summed E-state index contributed by atoms with van der Waals surface area (Å²) in [5.41, 5.74) is 1.78. The molecule has 0 aromatic heterocycles. The molecule has 0 aliphatic carbocycles. The van der Waals surface area contributed by atoms with Gasteiger partial charge in [-0.2, -0.15) is 0 Å². The number of benzene rings is 1. The number of rotatable bonds is 3. The van der Waals surface area contributed by atoms with Gasteiger partial charge in [0.1, 0.15) is 0 Å². The van der Waals surface area contributed by atoms with E-state index in [9.17, 15) is 4.79 Å². The molecule has 76 valence electrons. The summed E-state index contributed by atoms with van der Waals surface area (Å²) in [5.74, 6) is 0.0139. The molecule has 0 saturated carbocycles. The molecular formula is C11H14ClNO. The summed E-state index contributed by atoms with van der Waals surface area (Å²) in [4.78, 5) is 11.3. The highest BCUT2D eigenvalue weighted by atomic mass is 35.5. The van der Waals surface area contributed by atoms with Crippen molar-refractivity contribution in [3.05, 3.63) is 28.8 Å². The summed E-state index contributed by atoms with van der Waals surface area (Å²) in [6.07, 6.45) is 1.37. The fraction of sp³-hybridized carbons (Fsp3) is 0.364. The van der Waals surface area contributed by atoms with E-state index in [1.54, 1.807) is 6.07 Å². The Balaban J connectivity index is 2.75. The van der Waals surface area contributed by atoms with Crippen molar-refractivity contribution in [1.82, 2.24) is 0 Å². The van der Waals surface area contributed by atoms with E-state index in [0.29, 0.717) is 17.1 Å². The first-order valence-electron chi connectivity index (χ1n) is 4.69. The maximum absolute atomic E-state index is 11.3. The van der Waals surface area contributed by atoms with Crippen LogP contribution in [0.1, 0.15) is 25.3 Å². The lowest BCUT2D eigenvalue weighted by atomic mass is 10.2. The molecular weight excluding hydrogens is 198 g/mol. The molecule has 3 heteroatoms. The smallest absolute Gasteiger partial charge is 0.224 e. The van der Waals surface area contributed by atoms with Gasteiger partial charge in [0.05, 0.1) is 10.7 Å². The molecule has 1 amide bonds. The normalized spacial score (nSPS) is 9.93. The van der Waals surface area contributed by atoms with Crippen molar-refractivity contribution in [1.29, 1.82) is 0 Å². The third-order valence-electron chi connectivity index (χ3n) is 1.87. The van der Waals surface area contributed by atoms with E-state index in [-0.39, 0.29) is 5.91 Å². The van der Waals surface area contributed by atoms with Gasteiger partial charge in [0, 0.05) is 6.42 Å². The van der Waals surface area contributed by atoms with Gasteiger partial charge in [0.2, 0.25) is 5.91 Å². The number of hydrogen-bond acceptors (Lipinski definition) is 1. The maximum Gasteiger partial charge on any atom is 0.224 e. The molecule has 0 aliphatic heterocycles. The average molecular weight is 212 g/mol. The van der Waals surface area contributed by atoms with Crippen molar-refractivity contribution in [2.24, 2.45) is 0 Å². The molecule has 0 spiro atoms. The second-order valence-corrected chi connectivity index (χ2v) is 3.69. The van der Waals surface area contributed by atoms with Crippen LogP contribution in [0.15, 0.2) is 18.2 Å². The zero-order valence-corrected chi connectivity index (χ0v) is 9.19. The fourth-order valence-corrected chi connectivity index (χ4v) is 1.34. The van der Waals surface area contributed by atoms with Gasteiger partial charge in [0.25, 0.3) is 0 Å². The Morgan fingerprint density at radius 2 is 2.21 bits per heavy atom. The first-order valence-corrected chi connectivity index (χ1v) is 5.07. The molecule has 0 heterocycles. The van der Waals surface area contributed by atoms with Crippen LogP contribution in [0.25, 0.3) is 0 Å². The van der Waals surface area contributed by atoms with Gasteiger partial charge in [-0.1, -0.05) is 24.6 Å². The summed E-state index contributed by atoms with van der Waals surface area (Å²) in [5, 5.41) is 3.36. The van der Waals surface area contributed by atoms with Crippen molar-refractivity contribution < 1.29 is 4.79 Å². The Morgan fingerprint density at radius 1 is 1.50 bits per heavy atom. The van der Waals surface area contributed by atoms with Crippen LogP contribution in [-0.4, -0.2) is 5.91 Å². The number of anilines is 1. The van der Waals surface area contributed by atoms with E-state index < -0.39 is 0 Å². The van der Waals surface area contributed by atoms with Gasteiger partial charge in [-0.15, -0.1) is 0 Å². The van der Waals surface area contributed by atoms with E-state index in [4.69, 9.17) is 11.6 Å². The second kappa shape index (κ2) is 5.01. The Bertz CT molecular complexity index is 336. The number of amides is 1. The quantitative estimate of drug-likeness (QED) is 0.816. The molecule has 0 unspecified atom stereocenters. The Morgan fingerprint density at radius 3 is 2.86 bits per heavy atom. The topological polar surface area (TPSA) is 29.1 Å². The Kier molecular flexibility index (Phi) is 3.96. The van der Waals surface area contributed by atoms with Crippen LogP contribution in [0.2, 0.25) is 5.02 Å². The van der Waals surface area contributed by atoms with Crippen LogP contribution in [-0.2, 0) is 4.79 Å². The highest BCUT2D eigenvalue weighted by molar-refractivity contribution is 6.33. The van der Waals surface area contributed by atoms with Crippen LogP contribution in [0, 0.1) is 6.92 Å². The predicted molar refractivity (Wildman–Crippen MR) is 59.7 cm³/mol. The minimum Gasteiger partial charge on any atom is -0.325 e. The highest BCUT2D eigenvalue weighted by Gasteiger charge is 2.04. The highest BCUT2D eigenvalue weighted by Crippen LogP contribution is 2.22. The monoisotopic (exact) mass is 211 g/mol. The van der Waals surface area contributed by atoms with Gasteiger partial charge in [-0.3, -0.25) is 4.79 Å². The van der Waals surface area contributed by atoms with Gasteiger partial charge < -0.3 is 5.32 Å². The fourth-order valence-electron chi connectivity index (χ4n) is 1.17. The Labute approximate surface area is 89.3 Å². The first kappa shape index (κ1) is 11.1. The van der Waals surface area contributed by atoms with Crippen molar-refractivity contribution in [2.45, 2.75) is 26.7 Å². The second-order valence-electron chi connectivity index (χ2n) is 3.28. The number of carbonyl (C=O) groups excluding carboxylic acids is 1. The maximum atomic E-state index is 11.3. The molecule has 1 rings (SSSR count). The van der Waals surface area contributed by atoms with E-state index in [2.05, 4.69) is 5.32 Å². The van der Waals surface area contributed by atoms with E-state index in [0.717, 1.165) is 12.0 Å². The van der Waals surface area contributed by atoms with Crippen LogP contribution in [0.3, 0.4) is 0 Å². The van der Waals surface area contributed by atoms with E-state index in [1.807, 2.05) is 26.0 Å². The third kappa shape index (κ3) is 3.04. The average Bonchev–Trinajstić information content (AvgIpc) is 2.12. The van der Waals surface area contributed by atoms with Crippen molar-refractivity contribution in [3.63, 3.8) is 0 Å². The number of aryl methyl sites for hydroxylation is 1. The van der Waals surface area contributed by atoms with E-state index in [1.165, 1.54) is 0 Å². The minimum atomic E-state index is 0.0139. The van der Waals surface area contributed by atoms with Crippen LogP contribution < -0.4 is 5.32 Å². The summed E-state index contributed by atoms with van der Waals surface area (Å²) < 4.78 is 0. The summed E-state index contributed by atoms with van der Waals surface area (Å²) in [7, 11) is 0. The van der Waals surface area contributed by atoms with Crippen LogP contribution in [0.5, 0.6) is 0 Å². The number of carbonyl (C=O) groups is 1. The lowest BCUT2D eigenvalue weighted by Gasteiger charge is -2.07. The van der Waals surface area contributed by atoms with Crippen molar-refractivity contribution in [2.75, 3.05) is 5.32 Å². The molecule has 0 fully saturated rings. The zero-order valence-electron chi connectivity index (χ0n) is 8.43. The van der Waals surface area contributed by atoms with E-state index >= 15 is 0 Å². The first-order chi connectivity index (χ1) is 6.63. The minimum absolute atomic E-state index is 0.0139. The van der Waals surface area contributed by atoms with Crippen molar-refractivity contribution >= 4 is 23.2 Å². The lowest BCUT2D eigenvalue weighted by Crippen LogP contribution is -2.10. The van der Waals surface area contributed by atoms with Gasteiger partial charge in [0.15, 0.2) is 0 Å². The molecule has 0 atom stereocenters. The predicted octanol–water partition coefficient (Wildman–Crippen LogP) is 3.39. The molecule has 0 saturated heterocycles. The standard InChI is InChI=1S/C11H14ClNO/c1-3-4-11(14)13-10-7-8(2)5-6-9(10)12/h5-7H,3-4H2,1-2H3,(H,13,14). The molecule has 1 aromatic carbocycles. The SMILES string of the molecule is CCCC(=O)Nc1cc(C)ccc1Cl. The van der Waals surface area contributed by atoms with Crippen LogP contribution in [0.4, 0.5) is 5.69 Å². The molecule has 0 radical (unpaired) electrons. The summed E-state index contributed by atoms with van der Waals surface area (Å²) in [6, 6.07) is 5.58. The molecule has 1 N–H and O–H groups in total. The van der Waals surface area contributed by atoms with Crippen LogP contribution >= 0.6 is 11.6 Å². The number of halogens is 1. The molecule has 2 nitrogen and oxygen atoms in total. The molecule has 0 aliphatic rings. The summed E-state index contributed by atoms with van der Waals surface area (Å²) in [6.45, 7) is 3.93. The molecule has 0 bridgehead atoms. The third-order valence-corrected chi connectivity index (χ3v) is 2.20. The lowest BCUT2D eigenvalue weighted by molar-refractivity contribution is -0.116. The van der Waals surface area contributed by atoms with Gasteiger partial charge in [-0.05, 0) is 31.0 Å². The number of hydrogen-bond donors (Lipinski definition) is 1. The summed E-state index contributed by atoms with van der Waals surface area (Å²) >= 11 is 5.93. The largest absolute Gasteiger partial charge is 0.325 e. The molecule has 14 heavy (non-hydrogen) atoms. The number of nitrogens with one attached hydrogen (secondary N) is 1. The van der Waals surface area contributed by atoms with Gasteiger partial charge >= 0.3 is 0 Å². The Hall–Kier alpha value is -1.02.